The number of halogens is 3. The maximum absolute atomic E-state index is 12.1. The largest absolute Gasteiger partial charge is 0.399 e. The van der Waals surface area contributed by atoms with Gasteiger partial charge in [-0.2, -0.15) is 0 Å². The molecule has 0 aliphatic carbocycles. The number of anilines is 2. The molecule has 0 aromatic heterocycles. The second kappa shape index (κ2) is 5.82. The third-order valence-corrected chi connectivity index (χ3v) is 3.62. The number of benzene rings is 2. The number of hydrogen-bond donors (Lipinski definition) is 2. The Morgan fingerprint density at radius 3 is 2.53 bits per heavy atom. The first-order valence-corrected chi connectivity index (χ1v) is 6.83. The van der Waals surface area contributed by atoms with Crippen LogP contribution in [-0.2, 0) is 0 Å². The first-order chi connectivity index (χ1) is 8.97. The molecule has 3 N–H and O–H groups in total. The van der Waals surface area contributed by atoms with E-state index in [0.717, 1.165) is 0 Å². The Kier molecular flexibility index (Phi) is 4.34. The van der Waals surface area contributed by atoms with Crippen molar-refractivity contribution in [1.82, 2.24) is 0 Å². The molecule has 3 nitrogen and oxygen atoms in total. The maximum Gasteiger partial charge on any atom is 0.257 e. The highest BCUT2D eigenvalue weighted by Crippen LogP contribution is 2.27. The molecule has 0 atom stereocenters. The number of nitrogens with one attached hydrogen (secondary N) is 1. The quantitative estimate of drug-likeness (QED) is 0.770. The van der Waals surface area contributed by atoms with Crippen molar-refractivity contribution in [2.24, 2.45) is 0 Å². The van der Waals surface area contributed by atoms with Crippen LogP contribution in [-0.4, -0.2) is 5.91 Å². The summed E-state index contributed by atoms with van der Waals surface area (Å²) in [6.45, 7) is 0. The van der Waals surface area contributed by atoms with Crippen LogP contribution >= 0.6 is 39.1 Å². The molecule has 2 rings (SSSR count). The molecule has 19 heavy (non-hydrogen) atoms. The average Bonchev–Trinajstić information content (AvgIpc) is 2.32. The van der Waals surface area contributed by atoms with Crippen molar-refractivity contribution in [1.29, 1.82) is 0 Å². The van der Waals surface area contributed by atoms with Gasteiger partial charge >= 0.3 is 0 Å². The minimum Gasteiger partial charge on any atom is -0.399 e. The Labute approximate surface area is 128 Å². The summed E-state index contributed by atoms with van der Waals surface area (Å²) in [6, 6.07) is 9.83. The highest BCUT2D eigenvalue weighted by molar-refractivity contribution is 9.10. The predicted molar refractivity (Wildman–Crippen MR) is 83.0 cm³/mol. The minimum atomic E-state index is -0.312. The zero-order chi connectivity index (χ0) is 14.0. The summed E-state index contributed by atoms with van der Waals surface area (Å²) in [7, 11) is 0. The standard InChI is InChI=1S/C13H9BrCl2N2O/c14-10-5-7(15)1-4-12(10)18-13(19)9-3-2-8(17)6-11(9)16/h1-6H,17H2,(H,18,19). The van der Waals surface area contributed by atoms with Crippen molar-refractivity contribution in [2.45, 2.75) is 0 Å². The van der Waals surface area contributed by atoms with E-state index in [-0.39, 0.29) is 5.91 Å². The van der Waals surface area contributed by atoms with Gasteiger partial charge in [0.25, 0.3) is 5.91 Å². The lowest BCUT2D eigenvalue weighted by atomic mass is 10.2. The number of hydrogen-bond acceptors (Lipinski definition) is 2. The molecule has 0 heterocycles. The van der Waals surface area contributed by atoms with E-state index in [1.165, 1.54) is 6.07 Å². The Morgan fingerprint density at radius 1 is 1.16 bits per heavy atom. The van der Waals surface area contributed by atoms with Gasteiger partial charge in [-0.3, -0.25) is 4.79 Å². The van der Waals surface area contributed by atoms with Crippen molar-refractivity contribution in [3.05, 3.63) is 56.5 Å². The van der Waals surface area contributed by atoms with E-state index in [2.05, 4.69) is 21.2 Å². The highest BCUT2D eigenvalue weighted by Gasteiger charge is 2.12. The first kappa shape index (κ1) is 14.2. The Morgan fingerprint density at radius 2 is 1.89 bits per heavy atom. The van der Waals surface area contributed by atoms with Crippen molar-refractivity contribution in [3.63, 3.8) is 0 Å². The van der Waals surface area contributed by atoms with Crippen LogP contribution in [0.1, 0.15) is 10.4 Å². The minimum absolute atomic E-state index is 0.308. The number of rotatable bonds is 2. The lowest BCUT2D eigenvalue weighted by Crippen LogP contribution is -2.13. The summed E-state index contributed by atoms with van der Waals surface area (Å²) < 4.78 is 0.694. The van der Waals surface area contributed by atoms with Gasteiger partial charge in [-0.1, -0.05) is 23.2 Å². The number of nitrogen functional groups attached to an aromatic ring is 1. The summed E-state index contributed by atoms with van der Waals surface area (Å²) in [5.74, 6) is -0.312. The average molecular weight is 360 g/mol. The van der Waals surface area contributed by atoms with Crippen LogP contribution in [0.5, 0.6) is 0 Å². The molecule has 2 aromatic carbocycles. The van der Waals surface area contributed by atoms with Crippen LogP contribution < -0.4 is 11.1 Å². The molecule has 0 spiro atoms. The smallest absolute Gasteiger partial charge is 0.257 e. The number of nitrogens with two attached hydrogens (primary N) is 1. The molecule has 0 saturated heterocycles. The molecular formula is C13H9BrCl2N2O. The van der Waals surface area contributed by atoms with Gasteiger partial charge in [-0.05, 0) is 52.3 Å². The summed E-state index contributed by atoms with van der Waals surface area (Å²) in [5, 5.41) is 3.63. The van der Waals surface area contributed by atoms with Gasteiger partial charge in [0, 0.05) is 15.2 Å². The molecule has 0 unspecified atom stereocenters. The third-order valence-electron chi connectivity index (χ3n) is 2.42. The summed E-state index contributed by atoms with van der Waals surface area (Å²) in [5.41, 5.74) is 7.06. The van der Waals surface area contributed by atoms with Crippen molar-refractivity contribution in [3.8, 4) is 0 Å². The van der Waals surface area contributed by atoms with Gasteiger partial charge in [0.2, 0.25) is 0 Å². The second-order valence-electron chi connectivity index (χ2n) is 3.82. The highest BCUT2D eigenvalue weighted by atomic mass is 79.9. The molecule has 1 amide bonds. The Bertz CT molecular complexity index is 647. The number of amides is 1. The van der Waals surface area contributed by atoms with Crippen LogP contribution in [0.2, 0.25) is 10.0 Å². The molecular weight excluding hydrogens is 351 g/mol. The Balaban J connectivity index is 2.25. The zero-order valence-electron chi connectivity index (χ0n) is 9.58. The van der Waals surface area contributed by atoms with Gasteiger partial charge in [-0.25, -0.2) is 0 Å². The van der Waals surface area contributed by atoms with Crippen LogP contribution in [0, 0.1) is 0 Å². The number of carbonyl (C=O) groups is 1. The summed E-state index contributed by atoms with van der Waals surface area (Å²) in [6.07, 6.45) is 0. The summed E-state index contributed by atoms with van der Waals surface area (Å²) >= 11 is 15.1. The van der Waals surface area contributed by atoms with Crippen LogP contribution in [0.15, 0.2) is 40.9 Å². The van der Waals surface area contributed by atoms with E-state index in [0.29, 0.717) is 31.5 Å². The van der Waals surface area contributed by atoms with Gasteiger partial charge in [0.1, 0.15) is 0 Å². The van der Waals surface area contributed by atoms with Crippen molar-refractivity contribution < 1.29 is 4.79 Å². The van der Waals surface area contributed by atoms with Gasteiger partial charge < -0.3 is 11.1 Å². The molecule has 0 radical (unpaired) electrons. The molecule has 0 aliphatic rings. The second-order valence-corrected chi connectivity index (χ2v) is 5.52. The van der Waals surface area contributed by atoms with Crippen LogP contribution in [0.25, 0.3) is 0 Å². The van der Waals surface area contributed by atoms with E-state index in [1.807, 2.05) is 0 Å². The van der Waals surface area contributed by atoms with Crippen LogP contribution in [0.3, 0.4) is 0 Å². The zero-order valence-corrected chi connectivity index (χ0v) is 12.7. The molecule has 0 saturated carbocycles. The molecule has 6 heteroatoms. The lowest BCUT2D eigenvalue weighted by Gasteiger charge is -2.09. The number of carbonyl (C=O) groups excluding carboxylic acids is 1. The monoisotopic (exact) mass is 358 g/mol. The van der Waals surface area contributed by atoms with E-state index < -0.39 is 0 Å². The van der Waals surface area contributed by atoms with Gasteiger partial charge in [0.05, 0.1) is 16.3 Å². The van der Waals surface area contributed by atoms with E-state index >= 15 is 0 Å². The molecule has 0 bridgehead atoms. The SMILES string of the molecule is Nc1ccc(C(=O)Nc2ccc(Cl)cc2Br)c(Cl)c1. The van der Waals surface area contributed by atoms with E-state index in [9.17, 15) is 4.79 Å². The predicted octanol–water partition coefficient (Wildman–Crippen LogP) is 4.59. The normalized spacial score (nSPS) is 10.3. The van der Waals surface area contributed by atoms with E-state index in [4.69, 9.17) is 28.9 Å². The van der Waals surface area contributed by atoms with Crippen molar-refractivity contribution in [2.75, 3.05) is 11.1 Å². The fourth-order valence-corrected chi connectivity index (χ4v) is 2.55. The van der Waals surface area contributed by atoms with E-state index in [1.54, 1.807) is 30.3 Å². The third kappa shape index (κ3) is 3.41. The molecule has 2 aromatic rings. The maximum atomic E-state index is 12.1. The Hall–Kier alpha value is -1.23. The van der Waals surface area contributed by atoms with Gasteiger partial charge in [0.15, 0.2) is 0 Å². The summed E-state index contributed by atoms with van der Waals surface area (Å²) in [4.78, 5) is 12.1. The molecule has 0 aliphatic heterocycles. The van der Waals surface area contributed by atoms with Crippen LogP contribution in [0.4, 0.5) is 11.4 Å². The fraction of sp³-hybridized carbons (Fsp3) is 0. The first-order valence-electron chi connectivity index (χ1n) is 5.29. The molecule has 0 fully saturated rings. The van der Waals surface area contributed by atoms with Crippen molar-refractivity contribution >= 4 is 56.4 Å². The molecule has 98 valence electrons. The fourth-order valence-electron chi connectivity index (χ4n) is 1.50. The lowest BCUT2D eigenvalue weighted by molar-refractivity contribution is 0.102. The van der Waals surface area contributed by atoms with Gasteiger partial charge in [-0.15, -0.1) is 0 Å². The topological polar surface area (TPSA) is 55.1 Å².